The van der Waals surface area contributed by atoms with Crippen molar-refractivity contribution < 1.29 is 37.9 Å². The number of fused-ring (bicyclic) bond motifs is 1. The first-order chi connectivity index (χ1) is 16.3. The molecule has 2 aliphatic heterocycles. The molecule has 2 aromatic rings. The van der Waals surface area contributed by atoms with Crippen LogP contribution in [0.1, 0.15) is 50.7 Å². The van der Waals surface area contributed by atoms with E-state index < -0.39 is 42.4 Å². The van der Waals surface area contributed by atoms with Gasteiger partial charge in [0, 0.05) is 0 Å². The monoisotopic (exact) mass is 467 g/mol. The molecule has 1 aromatic carbocycles. The maximum atomic E-state index is 12.8. The van der Waals surface area contributed by atoms with Gasteiger partial charge in [-0.2, -0.15) is 0 Å². The van der Waals surface area contributed by atoms with Crippen molar-refractivity contribution in [3.63, 3.8) is 0 Å². The fourth-order valence-corrected chi connectivity index (χ4v) is 3.73. The van der Waals surface area contributed by atoms with Gasteiger partial charge in [0.25, 0.3) is 11.8 Å². The lowest BCUT2D eigenvalue weighted by Gasteiger charge is -2.26. The van der Waals surface area contributed by atoms with Gasteiger partial charge >= 0.3 is 18.0 Å². The molecule has 0 saturated carbocycles. The summed E-state index contributed by atoms with van der Waals surface area (Å²) in [7, 11) is 0. The lowest BCUT2D eigenvalue weighted by atomic mass is 10.0. The largest absolute Gasteiger partial charge is 0.467 e. The molecule has 2 N–H and O–H groups in total. The predicted molar refractivity (Wildman–Crippen MR) is 114 cm³/mol. The minimum absolute atomic E-state index is 0.0319. The molecule has 4 amide bonds. The third kappa shape index (κ3) is 4.27. The van der Waals surface area contributed by atoms with E-state index in [2.05, 4.69) is 10.6 Å². The second-order valence-corrected chi connectivity index (χ2v) is 7.55. The number of urea groups is 1. The predicted octanol–water partition coefficient (Wildman–Crippen LogP) is 1.75. The van der Waals surface area contributed by atoms with Crippen LogP contribution in [0.15, 0.2) is 52.3 Å². The molecule has 0 fully saturated rings. The average Bonchev–Trinajstić information content (AvgIpc) is 3.40. The van der Waals surface area contributed by atoms with Gasteiger partial charge < -0.3 is 24.5 Å². The summed E-state index contributed by atoms with van der Waals surface area (Å²) in [6.45, 7) is 2.95. The minimum atomic E-state index is -0.802. The van der Waals surface area contributed by atoms with Crippen LogP contribution in [0, 0.1) is 0 Å². The van der Waals surface area contributed by atoms with Gasteiger partial charge in [0.1, 0.15) is 12.4 Å². The normalized spacial score (nSPS) is 17.3. The minimum Gasteiger partial charge on any atom is -0.467 e. The standard InChI is InChI=1S/C23H21N3O8/c1-3-32-22(30)18-12(2)24-23(31)25-17(18)11-34-21(29)13-6-7-15-16(9-13)20(28)26(19(15)27)10-14-5-4-8-33-14/h4-9,12H,3,10-11H2,1-2H3,(H2,24,25,31)/t12-/m1/s1. The molecule has 4 rings (SSSR count). The lowest BCUT2D eigenvalue weighted by Crippen LogP contribution is -2.50. The number of rotatable bonds is 7. The third-order valence-corrected chi connectivity index (χ3v) is 5.31. The Morgan fingerprint density at radius 2 is 1.82 bits per heavy atom. The zero-order chi connectivity index (χ0) is 24.4. The number of benzene rings is 1. The average molecular weight is 467 g/mol. The highest BCUT2D eigenvalue weighted by molar-refractivity contribution is 6.21. The second-order valence-electron chi connectivity index (χ2n) is 7.55. The molecule has 0 unspecified atom stereocenters. The Bertz CT molecular complexity index is 1210. The summed E-state index contributed by atoms with van der Waals surface area (Å²) >= 11 is 0. The molecule has 3 heterocycles. The summed E-state index contributed by atoms with van der Waals surface area (Å²) in [5, 5.41) is 5.01. The first-order valence-electron chi connectivity index (χ1n) is 10.5. The fourth-order valence-electron chi connectivity index (χ4n) is 3.73. The number of esters is 2. The van der Waals surface area contributed by atoms with Crippen LogP contribution in [0.25, 0.3) is 0 Å². The topological polar surface area (TPSA) is 144 Å². The van der Waals surface area contributed by atoms with E-state index in [0.717, 1.165) is 4.90 Å². The highest BCUT2D eigenvalue weighted by Gasteiger charge is 2.37. The molecule has 11 nitrogen and oxygen atoms in total. The van der Waals surface area contributed by atoms with Crippen molar-refractivity contribution in [2.24, 2.45) is 0 Å². The molecule has 1 aromatic heterocycles. The Hall–Kier alpha value is -4.41. The zero-order valence-corrected chi connectivity index (χ0v) is 18.4. The van der Waals surface area contributed by atoms with Crippen LogP contribution in [-0.4, -0.2) is 53.9 Å². The summed E-state index contributed by atoms with van der Waals surface area (Å²) < 4.78 is 15.5. The molecular formula is C23H21N3O8. The number of imide groups is 1. The van der Waals surface area contributed by atoms with Gasteiger partial charge in [-0.25, -0.2) is 14.4 Å². The summed E-state index contributed by atoms with van der Waals surface area (Å²) in [5.74, 6) is -2.06. The van der Waals surface area contributed by atoms with Crippen LogP contribution < -0.4 is 10.6 Å². The second kappa shape index (κ2) is 9.22. The van der Waals surface area contributed by atoms with E-state index in [1.165, 1.54) is 24.5 Å². The molecule has 0 spiro atoms. The number of amides is 4. The van der Waals surface area contributed by atoms with E-state index in [-0.39, 0.29) is 41.1 Å². The zero-order valence-electron chi connectivity index (χ0n) is 18.4. The molecule has 2 aliphatic rings. The van der Waals surface area contributed by atoms with E-state index in [0.29, 0.717) is 5.76 Å². The highest BCUT2D eigenvalue weighted by Crippen LogP contribution is 2.26. The Labute approximate surface area is 193 Å². The van der Waals surface area contributed by atoms with E-state index in [1.54, 1.807) is 26.0 Å². The van der Waals surface area contributed by atoms with Crippen LogP contribution in [0.4, 0.5) is 4.79 Å². The van der Waals surface area contributed by atoms with Crippen LogP contribution >= 0.6 is 0 Å². The van der Waals surface area contributed by atoms with Gasteiger partial charge in [-0.15, -0.1) is 0 Å². The van der Waals surface area contributed by atoms with Gasteiger partial charge in [-0.3, -0.25) is 14.5 Å². The van der Waals surface area contributed by atoms with Gasteiger partial charge in [0.2, 0.25) is 0 Å². The van der Waals surface area contributed by atoms with E-state index in [4.69, 9.17) is 13.9 Å². The lowest BCUT2D eigenvalue weighted by molar-refractivity contribution is -0.139. The number of hydrogen-bond donors (Lipinski definition) is 2. The first kappa shape index (κ1) is 22.8. The van der Waals surface area contributed by atoms with Crippen molar-refractivity contribution in [2.45, 2.75) is 26.4 Å². The van der Waals surface area contributed by atoms with Crippen molar-refractivity contribution in [2.75, 3.05) is 13.2 Å². The third-order valence-electron chi connectivity index (χ3n) is 5.31. The number of hydrogen-bond acceptors (Lipinski definition) is 8. The smallest absolute Gasteiger partial charge is 0.338 e. The summed E-state index contributed by atoms with van der Waals surface area (Å²) in [6, 6.07) is 6.13. The maximum Gasteiger partial charge on any atom is 0.338 e. The summed E-state index contributed by atoms with van der Waals surface area (Å²) in [4.78, 5) is 63.2. The SMILES string of the molecule is CCOC(=O)C1=C(COC(=O)c2ccc3c(c2)C(=O)N(Cc2ccco2)C3=O)NC(=O)N[C@@H]1C. The summed E-state index contributed by atoms with van der Waals surface area (Å²) in [5.41, 5.74) is 0.505. The van der Waals surface area contributed by atoms with Gasteiger partial charge in [-0.1, -0.05) is 0 Å². The Balaban J connectivity index is 1.51. The van der Waals surface area contributed by atoms with Crippen molar-refractivity contribution in [3.05, 3.63) is 70.3 Å². The van der Waals surface area contributed by atoms with Crippen molar-refractivity contribution in [3.8, 4) is 0 Å². The Morgan fingerprint density at radius 3 is 2.53 bits per heavy atom. The number of ether oxygens (including phenoxy) is 2. The molecule has 11 heteroatoms. The summed E-state index contributed by atoms with van der Waals surface area (Å²) in [6.07, 6.45) is 1.44. The van der Waals surface area contributed by atoms with E-state index in [9.17, 15) is 24.0 Å². The van der Waals surface area contributed by atoms with Crippen LogP contribution in [-0.2, 0) is 20.8 Å². The van der Waals surface area contributed by atoms with Crippen LogP contribution in [0.3, 0.4) is 0 Å². The van der Waals surface area contributed by atoms with Gasteiger partial charge in [-0.05, 0) is 44.2 Å². The van der Waals surface area contributed by atoms with E-state index in [1.807, 2.05) is 0 Å². The number of carbonyl (C=O) groups excluding carboxylic acids is 5. The highest BCUT2D eigenvalue weighted by atomic mass is 16.5. The number of nitrogens with zero attached hydrogens (tertiary/aromatic N) is 1. The fraction of sp³-hybridized carbons (Fsp3) is 0.261. The first-order valence-corrected chi connectivity index (χ1v) is 10.5. The van der Waals surface area contributed by atoms with Gasteiger partial charge in [0.15, 0.2) is 0 Å². The number of nitrogens with one attached hydrogen (secondary N) is 2. The molecule has 1 atom stereocenters. The Morgan fingerprint density at radius 1 is 1.06 bits per heavy atom. The molecule has 34 heavy (non-hydrogen) atoms. The van der Waals surface area contributed by atoms with E-state index >= 15 is 0 Å². The number of carbonyl (C=O) groups is 5. The van der Waals surface area contributed by atoms with Gasteiger partial charge in [0.05, 0.1) is 53.4 Å². The molecule has 0 aliphatic carbocycles. The number of furan rings is 1. The van der Waals surface area contributed by atoms with Crippen molar-refractivity contribution in [1.82, 2.24) is 15.5 Å². The molecule has 0 bridgehead atoms. The van der Waals surface area contributed by atoms with Crippen LogP contribution in [0.5, 0.6) is 0 Å². The maximum absolute atomic E-state index is 12.8. The molecular weight excluding hydrogens is 446 g/mol. The molecule has 0 radical (unpaired) electrons. The quantitative estimate of drug-likeness (QED) is 0.463. The van der Waals surface area contributed by atoms with Crippen molar-refractivity contribution >= 4 is 29.8 Å². The van der Waals surface area contributed by atoms with Crippen molar-refractivity contribution in [1.29, 1.82) is 0 Å². The molecule has 176 valence electrons. The molecule has 0 saturated heterocycles. The Kier molecular flexibility index (Phi) is 6.17. The van der Waals surface area contributed by atoms with Crippen LogP contribution in [0.2, 0.25) is 0 Å².